The summed E-state index contributed by atoms with van der Waals surface area (Å²) in [5, 5.41) is 0. The van der Waals surface area contributed by atoms with Crippen LogP contribution in [0.2, 0.25) is 24.7 Å². The molecule has 3 rings (SSSR count). The Bertz CT molecular complexity index is 650. The topological polar surface area (TPSA) is 0 Å². The summed E-state index contributed by atoms with van der Waals surface area (Å²) in [6.45, 7) is 5.01. The summed E-state index contributed by atoms with van der Waals surface area (Å²) in [6.07, 6.45) is 15.3. The van der Waals surface area contributed by atoms with Crippen LogP contribution in [0.3, 0.4) is 0 Å². The number of unbranched alkanes of at least 4 members (excludes halogenated alkanes) is 2. The van der Waals surface area contributed by atoms with E-state index in [9.17, 15) is 8.78 Å². The molecule has 0 amide bonds. The van der Waals surface area contributed by atoms with E-state index in [2.05, 4.69) is 13.5 Å². The van der Waals surface area contributed by atoms with Gasteiger partial charge in [-0.15, -0.1) is 0 Å². The fourth-order valence-corrected chi connectivity index (χ4v) is 10.1. The van der Waals surface area contributed by atoms with Gasteiger partial charge in [-0.2, -0.15) is 0 Å². The maximum Gasteiger partial charge on any atom is 0.158 e. The van der Waals surface area contributed by atoms with Crippen molar-refractivity contribution in [2.75, 3.05) is 0 Å². The lowest BCUT2D eigenvalue weighted by molar-refractivity contribution is 0.185. The smallest absolute Gasteiger partial charge is 0.158 e. The molecule has 1 aromatic carbocycles. The first kappa shape index (κ1) is 23.7. The predicted octanol–water partition coefficient (Wildman–Crippen LogP) is 9.34. The Morgan fingerprint density at radius 3 is 2.20 bits per heavy atom. The highest BCUT2D eigenvalue weighted by Gasteiger charge is 2.36. The number of hydrogen-bond donors (Lipinski definition) is 0. The normalized spacial score (nSPS) is 30.4. The number of aryl methyl sites for hydroxylation is 1. The Kier molecular flexibility index (Phi) is 9.16. The van der Waals surface area contributed by atoms with Crippen LogP contribution < -0.4 is 0 Å². The Balaban J connectivity index is 1.36. The van der Waals surface area contributed by atoms with E-state index in [4.69, 9.17) is 0 Å². The monoisotopic (exact) mass is 432 g/mol. The third-order valence-corrected chi connectivity index (χ3v) is 12.9. The Labute approximate surface area is 184 Å². The summed E-state index contributed by atoms with van der Waals surface area (Å²) in [7, 11) is -0.904. The minimum Gasteiger partial charge on any atom is -0.212 e. The van der Waals surface area contributed by atoms with Crippen LogP contribution in [0.1, 0.15) is 82.3 Å². The highest BCUT2D eigenvalue weighted by molar-refractivity contribution is 6.78. The zero-order chi connectivity index (χ0) is 21.4. The Morgan fingerprint density at radius 2 is 1.60 bits per heavy atom. The van der Waals surface area contributed by atoms with Gasteiger partial charge in [0.05, 0.1) is 8.07 Å². The fourth-order valence-electron chi connectivity index (χ4n) is 6.07. The molecule has 0 N–H and O–H groups in total. The second kappa shape index (κ2) is 11.6. The van der Waals surface area contributed by atoms with Crippen molar-refractivity contribution in [3.63, 3.8) is 0 Å². The summed E-state index contributed by atoms with van der Waals surface area (Å²) in [6, 6.07) is 12.1. The van der Waals surface area contributed by atoms with Crippen LogP contribution >= 0.6 is 0 Å². The van der Waals surface area contributed by atoms with Crippen LogP contribution in [-0.2, 0) is 6.42 Å². The molecule has 1 saturated heterocycles. The van der Waals surface area contributed by atoms with E-state index in [0.29, 0.717) is 5.56 Å². The van der Waals surface area contributed by atoms with Gasteiger partial charge in [-0.25, -0.2) is 8.78 Å². The van der Waals surface area contributed by atoms with Gasteiger partial charge in [0.1, 0.15) is 6.33 Å². The lowest BCUT2D eigenvalue weighted by Crippen LogP contribution is -2.37. The van der Waals surface area contributed by atoms with Crippen LogP contribution in [0.15, 0.2) is 30.6 Å². The molecule has 3 heteroatoms. The van der Waals surface area contributed by atoms with Gasteiger partial charge in [0.2, 0.25) is 0 Å². The molecule has 1 aliphatic carbocycles. The zero-order valence-corrected chi connectivity index (χ0v) is 20.3. The van der Waals surface area contributed by atoms with Gasteiger partial charge in [0.25, 0.3) is 0 Å². The van der Waals surface area contributed by atoms with E-state index in [1.807, 2.05) is 12.1 Å². The maximum atomic E-state index is 13.3. The summed E-state index contributed by atoms with van der Waals surface area (Å²) in [5.74, 6) is 2.07. The summed E-state index contributed by atoms with van der Waals surface area (Å²) < 4.78 is 25.6. The minimum absolute atomic E-state index is 0.0366. The average Bonchev–Trinajstić information content (AvgIpc) is 2.78. The van der Waals surface area contributed by atoms with Crippen molar-refractivity contribution in [1.82, 2.24) is 0 Å². The van der Waals surface area contributed by atoms with Crippen LogP contribution in [0.25, 0.3) is 5.83 Å². The number of hydrogen-bond acceptors (Lipinski definition) is 0. The van der Waals surface area contributed by atoms with E-state index in [0.717, 1.165) is 24.2 Å². The molecule has 0 bridgehead atoms. The van der Waals surface area contributed by atoms with Gasteiger partial charge < -0.3 is 0 Å². The molecular formula is C27H42F2Si. The van der Waals surface area contributed by atoms with E-state index < -0.39 is 13.9 Å². The fraction of sp³-hybridized carbons (Fsp3) is 0.704. The van der Waals surface area contributed by atoms with Gasteiger partial charge in [-0.05, 0) is 49.0 Å². The molecule has 0 aromatic heterocycles. The third kappa shape index (κ3) is 6.77. The molecule has 0 radical (unpaired) electrons. The lowest BCUT2D eigenvalue weighted by atomic mass is 9.73. The third-order valence-electron chi connectivity index (χ3n) is 8.35. The molecule has 0 atom stereocenters. The van der Waals surface area contributed by atoms with Crippen LogP contribution in [-0.4, -0.2) is 8.07 Å². The molecule has 2 fully saturated rings. The molecule has 30 heavy (non-hydrogen) atoms. The second-order valence-corrected chi connectivity index (χ2v) is 15.7. The van der Waals surface area contributed by atoms with Crippen LogP contribution in [0.4, 0.5) is 8.78 Å². The molecule has 0 nitrogen and oxygen atoms in total. The first-order valence-electron chi connectivity index (χ1n) is 12.6. The van der Waals surface area contributed by atoms with Crippen molar-refractivity contribution in [3.05, 3.63) is 41.7 Å². The first-order chi connectivity index (χ1) is 14.5. The van der Waals surface area contributed by atoms with Gasteiger partial charge >= 0.3 is 0 Å². The molecular weight excluding hydrogens is 390 g/mol. The standard InChI is InChI=1S/C27H42F2Si/c1-3-4-5-18-30(2)19-16-25(17-20-30)24-12-8-22(9-13-24)6-7-23-10-14-26(15-11-23)27(29)21-28/h10-11,14-15,21-22,24-25H,3-9,12-13,16-20H2,1-2H3. The highest BCUT2D eigenvalue weighted by Crippen LogP contribution is 2.44. The van der Waals surface area contributed by atoms with Crippen LogP contribution in [0, 0.1) is 17.8 Å². The molecule has 1 saturated carbocycles. The zero-order valence-electron chi connectivity index (χ0n) is 19.3. The molecule has 1 heterocycles. The highest BCUT2D eigenvalue weighted by atomic mass is 28.3. The lowest BCUT2D eigenvalue weighted by Gasteiger charge is -2.41. The summed E-state index contributed by atoms with van der Waals surface area (Å²) >= 11 is 0. The second-order valence-electron chi connectivity index (χ2n) is 10.6. The van der Waals surface area contributed by atoms with Gasteiger partial charge in [-0.1, -0.05) is 101 Å². The molecule has 0 spiro atoms. The number of benzene rings is 1. The summed E-state index contributed by atoms with van der Waals surface area (Å²) in [4.78, 5) is 0. The van der Waals surface area contributed by atoms with Gasteiger partial charge in [-0.3, -0.25) is 0 Å². The van der Waals surface area contributed by atoms with Crippen LogP contribution in [0.5, 0.6) is 0 Å². The van der Waals surface area contributed by atoms with Crippen molar-refractivity contribution in [1.29, 1.82) is 0 Å². The predicted molar refractivity (Wildman–Crippen MR) is 129 cm³/mol. The average molecular weight is 433 g/mol. The number of rotatable bonds is 9. The van der Waals surface area contributed by atoms with Crippen molar-refractivity contribution in [3.8, 4) is 0 Å². The largest absolute Gasteiger partial charge is 0.212 e. The van der Waals surface area contributed by atoms with Crippen molar-refractivity contribution >= 4 is 13.9 Å². The first-order valence-corrected chi connectivity index (χ1v) is 15.7. The molecule has 0 unspecified atom stereocenters. The van der Waals surface area contributed by atoms with Crippen molar-refractivity contribution in [2.45, 2.75) is 102 Å². The molecule has 2 aliphatic rings. The van der Waals surface area contributed by atoms with Crippen molar-refractivity contribution in [2.24, 2.45) is 17.8 Å². The van der Waals surface area contributed by atoms with E-state index in [1.165, 1.54) is 69.8 Å². The molecule has 1 aliphatic heterocycles. The number of halogens is 2. The van der Waals surface area contributed by atoms with E-state index in [1.54, 1.807) is 30.3 Å². The SMILES string of the molecule is CCCCC[Si]1(C)CCC(C2CCC(CCc3ccc(C(F)=CF)cc3)CC2)CC1. The molecule has 1 aromatic rings. The minimum atomic E-state index is -0.904. The van der Waals surface area contributed by atoms with E-state index >= 15 is 0 Å². The Morgan fingerprint density at radius 1 is 0.967 bits per heavy atom. The van der Waals surface area contributed by atoms with E-state index in [-0.39, 0.29) is 6.33 Å². The Hall–Kier alpha value is -0.963. The quantitative estimate of drug-likeness (QED) is 0.269. The van der Waals surface area contributed by atoms with Gasteiger partial charge in [0.15, 0.2) is 5.83 Å². The maximum absolute atomic E-state index is 13.3. The summed E-state index contributed by atoms with van der Waals surface area (Å²) in [5.41, 5.74) is 1.57. The van der Waals surface area contributed by atoms with Crippen molar-refractivity contribution < 1.29 is 8.78 Å². The molecule has 168 valence electrons. The van der Waals surface area contributed by atoms with Gasteiger partial charge in [0, 0.05) is 5.56 Å².